The van der Waals surface area contributed by atoms with Crippen LogP contribution in [0, 0.1) is 11.7 Å². The number of rotatable bonds is 4. The molecule has 0 aliphatic heterocycles. The van der Waals surface area contributed by atoms with Crippen LogP contribution in [0.15, 0.2) is 18.2 Å². The molecule has 2 rings (SSSR count). The second-order valence-corrected chi connectivity index (χ2v) is 7.08. The van der Waals surface area contributed by atoms with E-state index in [4.69, 9.17) is 11.6 Å². The van der Waals surface area contributed by atoms with Crippen LogP contribution in [-0.4, -0.2) is 12.1 Å². The maximum absolute atomic E-state index is 14.3. The zero-order chi connectivity index (χ0) is 14.3. The third kappa shape index (κ3) is 2.95. The minimum absolute atomic E-state index is 0.0446. The minimum Gasteiger partial charge on any atom is -0.311 e. The van der Waals surface area contributed by atoms with Gasteiger partial charge in [-0.2, -0.15) is 0 Å². The lowest BCUT2D eigenvalue weighted by Gasteiger charge is -2.27. The van der Waals surface area contributed by atoms with Gasteiger partial charge in [0.05, 0.1) is 5.02 Å². The lowest BCUT2D eigenvalue weighted by molar-refractivity contribution is 0.382. The third-order valence-corrected chi connectivity index (χ3v) is 4.44. The molecule has 1 aromatic carbocycles. The molecule has 106 valence electrons. The van der Waals surface area contributed by atoms with Crippen LogP contribution in [0.25, 0.3) is 0 Å². The zero-order valence-corrected chi connectivity index (χ0v) is 12.9. The van der Waals surface area contributed by atoms with Crippen molar-refractivity contribution in [3.8, 4) is 0 Å². The standard InChI is InChI=1S/C16H23ClFN/c1-5-11-9-16(11,10-19-15(2,3)4)12-7-6-8-13(17)14(12)18/h6-8,11,19H,5,9-10H2,1-4H3. The second kappa shape index (κ2) is 5.06. The molecule has 1 aliphatic rings. The Hall–Kier alpha value is -0.600. The first-order chi connectivity index (χ1) is 8.80. The summed E-state index contributed by atoms with van der Waals surface area (Å²) in [5.41, 5.74) is 0.753. The van der Waals surface area contributed by atoms with E-state index < -0.39 is 0 Å². The van der Waals surface area contributed by atoms with E-state index in [9.17, 15) is 4.39 Å². The lowest BCUT2D eigenvalue weighted by Crippen LogP contribution is -2.41. The molecule has 1 N–H and O–H groups in total. The van der Waals surface area contributed by atoms with Crippen LogP contribution in [0.4, 0.5) is 4.39 Å². The van der Waals surface area contributed by atoms with Crippen molar-refractivity contribution in [3.05, 3.63) is 34.6 Å². The van der Waals surface area contributed by atoms with E-state index in [0.29, 0.717) is 5.92 Å². The molecule has 19 heavy (non-hydrogen) atoms. The van der Waals surface area contributed by atoms with Crippen LogP contribution < -0.4 is 5.32 Å². The maximum Gasteiger partial charge on any atom is 0.145 e. The second-order valence-electron chi connectivity index (χ2n) is 6.67. The molecule has 1 aliphatic carbocycles. The van der Waals surface area contributed by atoms with E-state index in [1.54, 1.807) is 6.07 Å². The van der Waals surface area contributed by atoms with Crippen molar-refractivity contribution in [1.82, 2.24) is 5.32 Å². The molecule has 1 saturated carbocycles. The lowest BCUT2D eigenvalue weighted by atomic mass is 9.90. The van der Waals surface area contributed by atoms with Gasteiger partial charge < -0.3 is 5.32 Å². The van der Waals surface area contributed by atoms with Gasteiger partial charge in [0.1, 0.15) is 5.82 Å². The van der Waals surface area contributed by atoms with Crippen molar-refractivity contribution in [2.24, 2.45) is 5.92 Å². The summed E-state index contributed by atoms with van der Waals surface area (Å²) in [5, 5.41) is 3.76. The molecule has 0 radical (unpaired) electrons. The average Bonchev–Trinajstić information content (AvgIpc) is 3.04. The monoisotopic (exact) mass is 283 g/mol. The first-order valence-corrected chi connectivity index (χ1v) is 7.37. The number of hydrogen-bond acceptors (Lipinski definition) is 1. The minimum atomic E-state index is -0.240. The molecule has 0 heterocycles. The van der Waals surface area contributed by atoms with Crippen molar-refractivity contribution in [2.45, 2.75) is 51.5 Å². The van der Waals surface area contributed by atoms with E-state index in [1.165, 1.54) is 0 Å². The quantitative estimate of drug-likeness (QED) is 0.856. The molecule has 3 heteroatoms. The van der Waals surface area contributed by atoms with Crippen LogP contribution >= 0.6 is 11.6 Å². The molecule has 0 spiro atoms. The topological polar surface area (TPSA) is 12.0 Å². The Morgan fingerprint density at radius 1 is 1.42 bits per heavy atom. The van der Waals surface area contributed by atoms with Crippen LogP contribution in [0.1, 0.15) is 46.1 Å². The Labute approximate surface area is 120 Å². The molecule has 1 aromatic rings. The van der Waals surface area contributed by atoms with Crippen molar-refractivity contribution >= 4 is 11.6 Å². The number of hydrogen-bond donors (Lipinski definition) is 1. The number of nitrogens with one attached hydrogen (secondary N) is 1. The SMILES string of the molecule is CCC1CC1(CNC(C)(C)C)c1cccc(Cl)c1F. The Morgan fingerprint density at radius 3 is 2.63 bits per heavy atom. The van der Waals surface area contributed by atoms with Crippen LogP contribution in [-0.2, 0) is 5.41 Å². The molecule has 0 bridgehead atoms. The van der Waals surface area contributed by atoms with Gasteiger partial charge in [-0.25, -0.2) is 4.39 Å². The third-order valence-electron chi connectivity index (χ3n) is 4.15. The first kappa shape index (κ1) is 14.8. The summed E-state index contributed by atoms with van der Waals surface area (Å²) >= 11 is 5.93. The summed E-state index contributed by atoms with van der Waals surface area (Å²) in [6.45, 7) is 9.40. The summed E-state index contributed by atoms with van der Waals surface area (Å²) in [6.07, 6.45) is 2.13. The van der Waals surface area contributed by atoms with Gasteiger partial charge in [-0.05, 0) is 44.7 Å². The summed E-state index contributed by atoms with van der Waals surface area (Å²) in [4.78, 5) is 0. The van der Waals surface area contributed by atoms with Crippen molar-refractivity contribution in [2.75, 3.05) is 6.54 Å². The molecule has 2 unspecified atom stereocenters. The molecule has 1 fully saturated rings. The highest BCUT2D eigenvalue weighted by Crippen LogP contribution is 2.56. The fourth-order valence-corrected chi connectivity index (χ4v) is 3.04. The molecular formula is C16H23ClFN. The largest absolute Gasteiger partial charge is 0.311 e. The van der Waals surface area contributed by atoms with Gasteiger partial charge in [0, 0.05) is 17.5 Å². The molecule has 0 aromatic heterocycles. The van der Waals surface area contributed by atoms with E-state index in [-0.39, 0.29) is 21.8 Å². The summed E-state index contributed by atoms with van der Waals surface area (Å²) in [7, 11) is 0. The van der Waals surface area contributed by atoms with Crippen molar-refractivity contribution in [3.63, 3.8) is 0 Å². The van der Waals surface area contributed by atoms with E-state index >= 15 is 0 Å². The number of halogens is 2. The van der Waals surface area contributed by atoms with Gasteiger partial charge in [0.15, 0.2) is 0 Å². The van der Waals surface area contributed by atoms with Crippen LogP contribution in [0.2, 0.25) is 5.02 Å². The average molecular weight is 284 g/mol. The van der Waals surface area contributed by atoms with Gasteiger partial charge in [-0.15, -0.1) is 0 Å². The molecule has 0 saturated heterocycles. The fourth-order valence-electron chi connectivity index (χ4n) is 2.87. The molecule has 1 nitrogen and oxygen atoms in total. The van der Waals surface area contributed by atoms with E-state index in [2.05, 4.69) is 33.0 Å². The highest BCUT2D eigenvalue weighted by Gasteiger charge is 2.55. The highest BCUT2D eigenvalue weighted by atomic mass is 35.5. The first-order valence-electron chi connectivity index (χ1n) is 6.99. The molecule has 0 amide bonds. The van der Waals surface area contributed by atoms with Crippen LogP contribution in [0.5, 0.6) is 0 Å². The summed E-state index contributed by atoms with van der Waals surface area (Å²) in [6, 6.07) is 5.36. The van der Waals surface area contributed by atoms with Gasteiger partial charge in [0.2, 0.25) is 0 Å². The number of benzene rings is 1. The normalized spacial score (nSPS) is 26.5. The summed E-state index contributed by atoms with van der Waals surface area (Å²) < 4.78 is 14.3. The van der Waals surface area contributed by atoms with Gasteiger partial charge in [-0.3, -0.25) is 0 Å². The smallest absolute Gasteiger partial charge is 0.145 e. The van der Waals surface area contributed by atoms with Crippen LogP contribution in [0.3, 0.4) is 0 Å². The van der Waals surface area contributed by atoms with Gasteiger partial charge in [0.25, 0.3) is 0 Å². The summed E-state index contributed by atoms with van der Waals surface area (Å²) in [5.74, 6) is 0.311. The molecule has 2 atom stereocenters. The fraction of sp³-hybridized carbons (Fsp3) is 0.625. The Balaban J connectivity index is 2.28. The Morgan fingerprint density at radius 2 is 2.11 bits per heavy atom. The zero-order valence-electron chi connectivity index (χ0n) is 12.2. The van der Waals surface area contributed by atoms with Crippen molar-refractivity contribution < 1.29 is 4.39 Å². The van der Waals surface area contributed by atoms with E-state index in [1.807, 2.05) is 12.1 Å². The van der Waals surface area contributed by atoms with E-state index in [0.717, 1.165) is 24.9 Å². The Kier molecular flexibility index (Phi) is 3.95. The molecular weight excluding hydrogens is 261 g/mol. The predicted molar refractivity (Wildman–Crippen MR) is 79.2 cm³/mol. The Bertz CT molecular complexity index is 466. The van der Waals surface area contributed by atoms with Crippen molar-refractivity contribution in [1.29, 1.82) is 0 Å². The highest BCUT2D eigenvalue weighted by molar-refractivity contribution is 6.30. The van der Waals surface area contributed by atoms with Gasteiger partial charge in [-0.1, -0.05) is 37.1 Å². The predicted octanol–water partition coefficient (Wildman–Crippen LogP) is 4.53. The maximum atomic E-state index is 14.3. The van der Waals surface area contributed by atoms with Gasteiger partial charge >= 0.3 is 0 Å².